The molecule has 3 heteroatoms. The van der Waals surface area contributed by atoms with Gasteiger partial charge in [-0.05, 0) is 29.3 Å². The lowest BCUT2D eigenvalue weighted by Crippen LogP contribution is -2.15. The Morgan fingerprint density at radius 1 is 1.11 bits per heavy atom. The van der Waals surface area contributed by atoms with Crippen LogP contribution in [-0.4, -0.2) is 17.1 Å². The molecule has 0 amide bonds. The Labute approximate surface area is 113 Å². The maximum Gasteiger partial charge on any atom is 0.120 e. The van der Waals surface area contributed by atoms with Crippen LogP contribution >= 0.6 is 0 Å². The van der Waals surface area contributed by atoms with E-state index in [0.717, 1.165) is 30.9 Å². The molecule has 0 aliphatic carbocycles. The second kappa shape index (κ2) is 4.94. The van der Waals surface area contributed by atoms with Crippen molar-refractivity contribution in [2.45, 2.75) is 19.6 Å². The minimum Gasteiger partial charge on any atom is -0.508 e. The second-order valence-corrected chi connectivity index (χ2v) is 4.91. The smallest absolute Gasteiger partial charge is 0.120 e. The van der Waals surface area contributed by atoms with Crippen LogP contribution in [0, 0.1) is 0 Å². The summed E-state index contributed by atoms with van der Waals surface area (Å²) in [5.41, 5.74) is 3.67. The van der Waals surface area contributed by atoms with E-state index in [1.807, 2.05) is 6.07 Å². The van der Waals surface area contributed by atoms with Gasteiger partial charge in [-0.15, -0.1) is 0 Å². The number of aromatic hydroxyl groups is 1. The molecule has 98 valence electrons. The highest BCUT2D eigenvalue weighted by Crippen LogP contribution is 2.28. The molecular weight excluding hydrogens is 238 g/mol. The van der Waals surface area contributed by atoms with Gasteiger partial charge < -0.3 is 9.84 Å². The number of ether oxygens (including phenoxy) is 1. The predicted octanol–water partition coefficient (Wildman–Crippen LogP) is 2.92. The molecule has 0 radical (unpaired) electrons. The monoisotopic (exact) mass is 255 g/mol. The summed E-state index contributed by atoms with van der Waals surface area (Å²) in [5, 5.41) is 9.93. The molecule has 1 N–H and O–H groups in total. The summed E-state index contributed by atoms with van der Waals surface area (Å²) in [5.74, 6) is 1.11. The van der Waals surface area contributed by atoms with Crippen molar-refractivity contribution >= 4 is 0 Å². The third-order valence-electron chi connectivity index (χ3n) is 3.59. The van der Waals surface area contributed by atoms with Crippen LogP contribution in [0.4, 0.5) is 0 Å². The molecule has 3 rings (SSSR count). The fourth-order valence-corrected chi connectivity index (χ4v) is 2.57. The van der Waals surface area contributed by atoms with Crippen LogP contribution in [0.25, 0.3) is 0 Å². The van der Waals surface area contributed by atoms with E-state index in [2.05, 4.69) is 29.2 Å². The molecule has 19 heavy (non-hydrogen) atoms. The largest absolute Gasteiger partial charge is 0.508 e. The molecule has 1 aliphatic heterocycles. The van der Waals surface area contributed by atoms with Gasteiger partial charge in [0.25, 0.3) is 0 Å². The van der Waals surface area contributed by atoms with Crippen molar-refractivity contribution in [2.24, 2.45) is 0 Å². The van der Waals surface area contributed by atoms with E-state index in [-0.39, 0.29) is 0 Å². The van der Waals surface area contributed by atoms with Crippen molar-refractivity contribution in [3.63, 3.8) is 0 Å². The lowest BCUT2D eigenvalue weighted by Gasteiger charge is -2.16. The van der Waals surface area contributed by atoms with Gasteiger partial charge in [-0.2, -0.15) is 0 Å². The van der Waals surface area contributed by atoms with Crippen LogP contribution in [-0.2, 0) is 19.6 Å². The van der Waals surface area contributed by atoms with E-state index in [1.165, 1.54) is 11.1 Å². The molecule has 0 bridgehead atoms. The third-order valence-corrected chi connectivity index (χ3v) is 3.59. The van der Waals surface area contributed by atoms with Crippen LogP contribution < -0.4 is 4.74 Å². The van der Waals surface area contributed by atoms with Gasteiger partial charge in [-0.25, -0.2) is 0 Å². The number of phenols is 1. The summed E-state index contributed by atoms with van der Waals surface area (Å²) in [6.07, 6.45) is 0. The van der Waals surface area contributed by atoms with Gasteiger partial charge in [0.05, 0.1) is 7.11 Å². The molecular formula is C16H17NO2. The summed E-state index contributed by atoms with van der Waals surface area (Å²) in [4.78, 5) is 2.32. The normalized spacial score (nSPS) is 14.4. The number of hydrogen-bond donors (Lipinski definition) is 1. The summed E-state index contributed by atoms with van der Waals surface area (Å²) < 4.78 is 5.21. The van der Waals surface area contributed by atoms with Gasteiger partial charge in [0.1, 0.15) is 11.5 Å². The quantitative estimate of drug-likeness (QED) is 0.915. The molecule has 1 aliphatic rings. The number of benzene rings is 2. The maximum atomic E-state index is 9.93. The van der Waals surface area contributed by atoms with Gasteiger partial charge in [0.2, 0.25) is 0 Å². The molecule has 1 heterocycles. The van der Waals surface area contributed by atoms with Gasteiger partial charge >= 0.3 is 0 Å². The molecule has 0 saturated carbocycles. The highest BCUT2D eigenvalue weighted by molar-refractivity contribution is 5.40. The second-order valence-electron chi connectivity index (χ2n) is 4.91. The van der Waals surface area contributed by atoms with Crippen LogP contribution in [0.3, 0.4) is 0 Å². The van der Waals surface area contributed by atoms with E-state index in [1.54, 1.807) is 19.2 Å². The fraction of sp³-hybridized carbons (Fsp3) is 0.250. The average Bonchev–Trinajstić information content (AvgIpc) is 2.83. The molecule has 2 aromatic carbocycles. The number of nitrogens with zero attached hydrogens (tertiary/aromatic N) is 1. The summed E-state index contributed by atoms with van der Waals surface area (Å²) >= 11 is 0. The van der Waals surface area contributed by atoms with Crippen molar-refractivity contribution in [3.8, 4) is 11.5 Å². The molecule has 0 spiro atoms. The molecule has 0 saturated heterocycles. The highest BCUT2D eigenvalue weighted by Gasteiger charge is 2.19. The van der Waals surface area contributed by atoms with Gasteiger partial charge in [0.15, 0.2) is 0 Å². The highest BCUT2D eigenvalue weighted by atomic mass is 16.5. The molecule has 0 fully saturated rings. The third kappa shape index (κ3) is 2.42. The van der Waals surface area contributed by atoms with Crippen molar-refractivity contribution in [1.29, 1.82) is 0 Å². The SMILES string of the molecule is COc1ccc(O)c(CN2Cc3ccccc3C2)c1. The maximum absolute atomic E-state index is 9.93. The summed E-state index contributed by atoms with van der Waals surface area (Å²) in [7, 11) is 1.64. The Bertz CT molecular complexity index is 570. The number of rotatable bonds is 3. The van der Waals surface area contributed by atoms with Crippen molar-refractivity contribution in [3.05, 3.63) is 59.2 Å². The number of methoxy groups -OCH3 is 1. The zero-order valence-corrected chi connectivity index (χ0v) is 11.0. The Hall–Kier alpha value is -2.00. The molecule has 3 nitrogen and oxygen atoms in total. The van der Waals surface area contributed by atoms with E-state index >= 15 is 0 Å². The summed E-state index contributed by atoms with van der Waals surface area (Å²) in [6, 6.07) is 13.9. The standard InChI is InChI=1S/C16H17NO2/c1-19-15-6-7-16(18)14(8-15)11-17-9-12-4-2-3-5-13(12)10-17/h2-8,18H,9-11H2,1H3. The number of phenolic OH excluding ortho intramolecular Hbond substituents is 1. The first kappa shape index (κ1) is 12.1. The van der Waals surface area contributed by atoms with Crippen LogP contribution in [0.2, 0.25) is 0 Å². The van der Waals surface area contributed by atoms with E-state index in [4.69, 9.17) is 4.74 Å². The van der Waals surface area contributed by atoms with E-state index in [9.17, 15) is 5.11 Å². The average molecular weight is 255 g/mol. The van der Waals surface area contributed by atoms with Gasteiger partial charge in [0, 0.05) is 25.2 Å². The molecule has 2 aromatic rings. The minimum absolute atomic E-state index is 0.330. The lowest BCUT2D eigenvalue weighted by molar-refractivity contribution is 0.270. The van der Waals surface area contributed by atoms with Crippen LogP contribution in [0.1, 0.15) is 16.7 Å². The Morgan fingerprint density at radius 3 is 2.42 bits per heavy atom. The first-order valence-corrected chi connectivity index (χ1v) is 6.41. The van der Waals surface area contributed by atoms with Crippen LogP contribution in [0.5, 0.6) is 11.5 Å². The van der Waals surface area contributed by atoms with E-state index < -0.39 is 0 Å². The number of fused-ring (bicyclic) bond motifs is 1. The lowest BCUT2D eigenvalue weighted by atomic mass is 10.1. The zero-order valence-electron chi connectivity index (χ0n) is 11.0. The fourth-order valence-electron chi connectivity index (χ4n) is 2.57. The summed E-state index contributed by atoms with van der Waals surface area (Å²) in [6.45, 7) is 2.61. The van der Waals surface area contributed by atoms with Crippen molar-refractivity contribution < 1.29 is 9.84 Å². The predicted molar refractivity (Wildman–Crippen MR) is 74.1 cm³/mol. The minimum atomic E-state index is 0.330. The molecule has 0 unspecified atom stereocenters. The van der Waals surface area contributed by atoms with E-state index in [0.29, 0.717) is 5.75 Å². The van der Waals surface area contributed by atoms with Crippen molar-refractivity contribution in [1.82, 2.24) is 4.90 Å². The first-order valence-electron chi connectivity index (χ1n) is 6.41. The molecule has 0 aromatic heterocycles. The van der Waals surface area contributed by atoms with Crippen molar-refractivity contribution in [2.75, 3.05) is 7.11 Å². The Balaban J connectivity index is 1.77. The Kier molecular flexibility index (Phi) is 3.13. The number of hydrogen-bond acceptors (Lipinski definition) is 3. The zero-order chi connectivity index (χ0) is 13.2. The van der Waals surface area contributed by atoms with Crippen LogP contribution in [0.15, 0.2) is 42.5 Å². The first-order chi connectivity index (χ1) is 9.26. The molecule has 0 atom stereocenters. The van der Waals surface area contributed by atoms with Gasteiger partial charge in [-0.1, -0.05) is 24.3 Å². The van der Waals surface area contributed by atoms with Gasteiger partial charge in [-0.3, -0.25) is 4.90 Å². The Morgan fingerprint density at radius 2 is 1.79 bits per heavy atom. The topological polar surface area (TPSA) is 32.7 Å².